The fourth-order valence-electron chi connectivity index (χ4n) is 5.03. The van der Waals surface area contributed by atoms with Gasteiger partial charge in [0.2, 0.25) is 11.8 Å². The van der Waals surface area contributed by atoms with Gasteiger partial charge in [0.15, 0.2) is 0 Å². The van der Waals surface area contributed by atoms with Crippen LogP contribution < -0.4 is 9.62 Å². The normalized spacial score (nSPS) is 12.7. The molecule has 46 heavy (non-hydrogen) atoms. The molecule has 4 aromatic carbocycles. The van der Waals surface area contributed by atoms with Crippen LogP contribution in [0.1, 0.15) is 42.5 Å². The van der Waals surface area contributed by atoms with Gasteiger partial charge in [-0.25, -0.2) is 8.42 Å². The molecule has 242 valence electrons. The summed E-state index contributed by atoms with van der Waals surface area (Å²) in [6.07, 6.45) is 0.957. The molecule has 0 fully saturated rings. The first-order valence-electron chi connectivity index (χ1n) is 15.1. The summed E-state index contributed by atoms with van der Waals surface area (Å²) in [5.74, 6) is -0.826. The third-order valence-corrected chi connectivity index (χ3v) is 10.4. The maximum absolute atomic E-state index is 14.6. The van der Waals surface area contributed by atoms with E-state index in [1.54, 1.807) is 37.3 Å². The van der Waals surface area contributed by atoms with Crippen molar-refractivity contribution >= 4 is 55.1 Å². The lowest BCUT2D eigenvalue weighted by Crippen LogP contribution is -2.54. The summed E-state index contributed by atoms with van der Waals surface area (Å²) in [5, 5.41) is 3.50. The Labute approximate surface area is 285 Å². The quantitative estimate of drug-likeness (QED) is 0.155. The summed E-state index contributed by atoms with van der Waals surface area (Å²) >= 11 is 9.71. The van der Waals surface area contributed by atoms with Crippen LogP contribution in [0.3, 0.4) is 0 Å². The van der Waals surface area contributed by atoms with Crippen molar-refractivity contribution in [2.75, 3.05) is 10.8 Å². The molecule has 0 radical (unpaired) electrons. The highest BCUT2D eigenvalue weighted by atomic mass is 79.9. The topological polar surface area (TPSA) is 86.8 Å². The molecular weight excluding hydrogens is 686 g/mol. The lowest BCUT2D eigenvalue weighted by molar-refractivity contribution is -0.140. The summed E-state index contributed by atoms with van der Waals surface area (Å²) in [7, 11) is -4.21. The smallest absolute Gasteiger partial charge is 0.264 e. The van der Waals surface area contributed by atoms with Crippen molar-refractivity contribution in [2.45, 2.75) is 64.1 Å². The van der Waals surface area contributed by atoms with E-state index in [2.05, 4.69) is 21.2 Å². The monoisotopic (exact) mass is 723 g/mol. The van der Waals surface area contributed by atoms with E-state index in [0.29, 0.717) is 22.7 Å². The first-order chi connectivity index (χ1) is 21.9. The zero-order valence-electron chi connectivity index (χ0n) is 26.4. The number of halogens is 2. The van der Waals surface area contributed by atoms with E-state index in [1.807, 2.05) is 75.4 Å². The number of hydrogen-bond donors (Lipinski definition) is 1. The maximum atomic E-state index is 14.6. The molecule has 7 nitrogen and oxygen atoms in total. The third-order valence-electron chi connectivity index (χ3n) is 7.85. The molecule has 0 aliphatic carbocycles. The fraction of sp³-hybridized carbons (Fsp3) is 0.278. The van der Waals surface area contributed by atoms with Gasteiger partial charge in [-0.2, -0.15) is 0 Å². The van der Waals surface area contributed by atoms with Crippen molar-refractivity contribution in [1.82, 2.24) is 10.2 Å². The Morgan fingerprint density at radius 2 is 1.54 bits per heavy atom. The number of benzene rings is 4. The van der Waals surface area contributed by atoms with E-state index in [4.69, 9.17) is 11.6 Å². The molecule has 0 heterocycles. The molecule has 0 aliphatic rings. The predicted octanol–water partition coefficient (Wildman–Crippen LogP) is 7.47. The highest BCUT2D eigenvalue weighted by Gasteiger charge is 2.35. The van der Waals surface area contributed by atoms with E-state index in [9.17, 15) is 18.0 Å². The zero-order chi connectivity index (χ0) is 33.4. The van der Waals surface area contributed by atoms with Crippen molar-refractivity contribution in [3.63, 3.8) is 0 Å². The van der Waals surface area contributed by atoms with Crippen LogP contribution in [0, 0.1) is 13.8 Å². The minimum atomic E-state index is -4.21. The van der Waals surface area contributed by atoms with Gasteiger partial charge in [-0.05, 0) is 86.3 Å². The molecule has 0 aromatic heterocycles. The lowest BCUT2D eigenvalue weighted by Gasteiger charge is -2.34. The Balaban J connectivity index is 1.83. The number of sulfonamides is 1. The Hall–Kier alpha value is -3.66. The second kappa shape index (κ2) is 15.8. The first kappa shape index (κ1) is 35.2. The SMILES string of the molecule is CCC(C)NC(=O)C(Cc1ccccc1)N(Cc1ccc(Br)cc1)C(=O)CN(c1ccc(Cl)cc1C)S(=O)(=O)c1ccc(C)cc1. The average molecular weight is 725 g/mol. The maximum Gasteiger partial charge on any atom is 0.264 e. The summed E-state index contributed by atoms with van der Waals surface area (Å²) in [4.78, 5) is 30.1. The van der Waals surface area contributed by atoms with E-state index in [1.165, 1.54) is 17.0 Å². The number of aryl methyl sites for hydroxylation is 2. The standard InChI is InChI=1S/C36H39BrClN3O4S/c1-5-27(4)39-36(43)34(22-28-9-7-6-8-10-28)40(23-29-13-15-30(37)16-14-29)35(42)24-41(33-20-17-31(38)21-26(33)3)46(44,45)32-18-11-25(2)12-19-32/h6-21,27,34H,5,22-24H2,1-4H3,(H,39,43). The molecule has 2 amide bonds. The first-order valence-corrected chi connectivity index (χ1v) is 17.7. The minimum Gasteiger partial charge on any atom is -0.352 e. The Morgan fingerprint density at radius 3 is 2.15 bits per heavy atom. The van der Waals surface area contributed by atoms with Crippen molar-refractivity contribution in [3.8, 4) is 0 Å². The molecule has 0 spiro atoms. The minimum absolute atomic E-state index is 0.0510. The summed E-state index contributed by atoms with van der Waals surface area (Å²) < 4.78 is 30.5. The molecular formula is C36H39BrClN3O4S. The Bertz CT molecular complexity index is 1750. The Morgan fingerprint density at radius 1 is 0.891 bits per heavy atom. The summed E-state index contributed by atoms with van der Waals surface area (Å²) in [6, 6.07) is 27.3. The number of rotatable bonds is 13. The number of nitrogens with one attached hydrogen (secondary N) is 1. The van der Waals surface area contributed by atoms with Crippen LogP contribution in [0.2, 0.25) is 5.02 Å². The summed E-state index contributed by atoms with van der Waals surface area (Å²) in [5.41, 5.74) is 3.48. The molecule has 4 rings (SSSR count). The largest absolute Gasteiger partial charge is 0.352 e. The van der Waals surface area contributed by atoms with Crippen LogP contribution >= 0.6 is 27.5 Å². The van der Waals surface area contributed by atoms with Gasteiger partial charge in [0.05, 0.1) is 10.6 Å². The van der Waals surface area contributed by atoms with Crippen LogP contribution in [0.25, 0.3) is 0 Å². The van der Waals surface area contributed by atoms with Crippen LogP contribution in [-0.2, 0) is 32.6 Å². The highest BCUT2D eigenvalue weighted by Crippen LogP contribution is 2.30. The van der Waals surface area contributed by atoms with Crippen LogP contribution in [-0.4, -0.2) is 43.8 Å². The van der Waals surface area contributed by atoms with E-state index >= 15 is 0 Å². The number of hydrogen-bond acceptors (Lipinski definition) is 4. The molecule has 0 aliphatic heterocycles. The average Bonchev–Trinajstić information content (AvgIpc) is 3.03. The van der Waals surface area contributed by atoms with Crippen molar-refractivity contribution < 1.29 is 18.0 Å². The van der Waals surface area contributed by atoms with Gasteiger partial charge >= 0.3 is 0 Å². The van der Waals surface area contributed by atoms with Crippen molar-refractivity contribution in [3.05, 3.63) is 129 Å². The molecule has 1 N–H and O–H groups in total. The molecule has 2 atom stereocenters. The number of nitrogens with zero attached hydrogens (tertiary/aromatic N) is 2. The number of carbonyl (C=O) groups is 2. The molecule has 0 saturated carbocycles. The lowest BCUT2D eigenvalue weighted by atomic mass is 10.0. The third kappa shape index (κ3) is 8.99. The Kier molecular flexibility index (Phi) is 12.1. The van der Waals surface area contributed by atoms with Gasteiger partial charge in [-0.1, -0.05) is 94.6 Å². The van der Waals surface area contributed by atoms with E-state index in [-0.39, 0.29) is 29.8 Å². The number of carbonyl (C=O) groups excluding carboxylic acids is 2. The number of amides is 2. The predicted molar refractivity (Wildman–Crippen MR) is 188 cm³/mol. The van der Waals surface area contributed by atoms with Gasteiger partial charge in [-0.3, -0.25) is 13.9 Å². The van der Waals surface area contributed by atoms with Crippen LogP contribution in [0.4, 0.5) is 5.69 Å². The second-order valence-corrected chi connectivity index (χ2v) is 14.6. The van der Waals surface area contributed by atoms with E-state index in [0.717, 1.165) is 25.5 Å². The molecule has 0 bridgehead atoms. The van der Waals surface area contributed by atoms with Gasteiger partial charge in [0, 0.05) is 28.5 Å². The molecule has 2 unspecified atom stereocenters. The second-order valence-electron chi connectivity index (χ2n) is 11.4. The van der Waals surface area contributed by atoms with Crippen LogP contribution in [0.5, 0.6) is 0 Å². The zero-order valence-corrected chi connectivity index (χ0v) is 29.6. The molecule has 0 saturated heterocycles. The fourth-order valence-corrected chi connectivity index (χ4v) is 7.00. The van der Waals surface area contributed by atoms with Gasteiger partial charge in [0.25, 0.3) is 10.0 Å². The van der Waals surface area contributed by atoms with Crippen LogP contribution in [0.15, 0.2) is 106 Å². The summed E-state index contributed by atoms with van der Waals surface area (Å²) in [6.45, 7) is 7.08. The van der Waals surface area contributed by atoms with Gasteiger partial charge in [0.1, 0.15) is 12.6 Å². The highest BCUT2D eigenvalue weighted by molar-refractivity contribution is 9.10. The molecule has 4 aromatic rings. The van der Waals surface area contributed by atoms with Crippen molar-refractivity contribution in [2.24, 2.45) is 0 Å². The molecule has 10 heteroatoms. The van der Waals surface area contributed by atoms with Gasteiger partial charge in [-0.15, -0.1) is 0 Å². The number of anilines is 1. The van der Waals surface area contributed by atoms with Crippen molar-refractivity contribution in [1.29, 1.82) is 0 Å². The van der Waals surface area contributed by atoms with E-state index < -0.39 is 28.5 Å². The van der Waals surface area contributed by atoms with Gasteiger partial charge < -0.3 is 10.2 Å².